The van der Waals surface area contributed by atoms with E-state index < -0.39 is 10.0 Å². The number of nitrogens with one attached hydrogen (secondary N) is 3. The van der Waals surface area contributed by atoms with Gasteiger partial charge in [-0.25, -0.2) is 17.8 Å². The molecular weight excluding hydrogens is 473 g/mol. The third-order valence-electron chi connectivity index (χ3n) is 5.32. The molecule has 0 unspecified atom stereocenters. The second-order valence-electron chi connectivity index (χ2n) is 7.48. The van der Waals surface area contributed by atoms with E-state index in [9.17, 15) is 12.8 Å². The summed E-state index contributed by atoms with van der Waals surface area (Å²) in [5.41, 5.74) is 3.50. The highest BCUT2D eigenvalue weighted by molar-refractivity contribution is 7.92. The summed E-state index contributed by atoms with van der Waals surface area (Å²) in [6.07, 6.45) is 2.07. The number of aromatic nitrogens is 1. The van der Waals surface area contributed by atoms with Gasteiger partial charge in [0.15, 0.2) is 5.82 Å². The van der Waals surface area contributed by atoms with Crippen molar-refractivity contribution in [1.29, 1.82) is 0 Å². The predicted molar refractivity (Wildman–Crippen MR) is 128 cm³/mol. The molecule has 3 aromatic rings. The summed E-state index contributed by atoms with van der Waals surface area (Å²) in [4.78, 5) is 6.10. The SMILES string of the molecule is CN[C@@H]1CCCN(c2cc(F)ccc2Nc2ccc(S(=O)(=O)Nc3cscn3)cc2Cl)C1. The van der Waals surface area contributed by atoms with Crippen LogP contribution in [0.15, 0.2) is 52.2 Å². The van der Waals surface area contributed by atoms with Gasteiger partial charge in [-0.05, 0) is 56.3 Å². The standard InChI is InChI=1S/C21H23ClFN5O2S2/c1-24-15-3-2-8-28(11-15)20-9-14(23)4-6-19(20)26-18-7-5-16(10-17(18)22)32(29,30)27-21-12-31-13-25-21/h4-7,9-10,12-13,15,24,26-27H,2-3,8,11H2,1H3/t15-/m1/s1. The first-order valence-electron chi connectivity index (χ1n) is 10.0. The van der Waals surface area contributed by atoms with Crippen molar-refractivity contribution in [3.05, 3.63) is 58.1 Å². The van der Waals surface area contributed by atoms with Crippen LogP contribution in [0.25, 0.3) is 0 Å². The fourth-order valence-electron chi connectivity index (χ4n) is 3.67. The van der Waals surface area contributed by atoms with Gasteiger partial charge in [0.1, 0.15) is 5.82 Å². The van der Waals surface area contributed by atoms with E-state index in [1.807, 2.05) is 7.05 Å². The maximum atomic E-state index is 14.1. The lowest BCUT2D eigenvalue weighted by molar-refractivity contribution is 0.449. The van der Waals surface area contributed by atoms with Crippen LogP contribution in [0.5, 0.6) is 0 Å². The van der Waals surface area contributed by atoms with Crippen molar-refractivity contribution in [3.8, 4) is 0 Å². The Morgan fingerprint density at radius 1 is 1.22 bits per heavy atom. The number of halogens is 2. The van der Waals surface area contributed by atoms with Gasteiger partial charge in [-0.2, -0.15) is 0 Å². The molecule has 1 aliphatic heterocycles. The summed E-state index contributed by atoms with van der Waals surface area (Å²) in [6, 6.07) is 9.32. The number of nitrogens with zero attached hydrogens (tertiary/aromatic N) is 2. The van der Waals surface area contributed by atoms with E-state index in [0.29, 0.717) is 17.4 Å². The number of hydrogen-bond donors (Lipinski definition) is 3. The highest BCUT2D eigenvalue weighted by Gasteiger charge is 2.22. The number of benzene rings is 2. The molecule has 0 aliphatic carbocycles. The molecule has 1 aliphatic rings. The number of hydrogen-bond acceptors (Lipinski definition) is 7. The lowest BCUT2D eigenvalue weighted by Crippen LogP contribution is -2.44. The molecule has 2 aromatic carbocycles. The fraction of sp³-hybridized carbons (Fsp3) is 0.286. The van der Waals surface area contributed by atoms with Gasteiger partial charge in [-0.1, -0.05) is 11.6 Å². The minimum Gasteiger partial charge on any atom is -0.368 e. The Morgan fingerprint density at radius 2 is 2.03 bits per heavy atom. The van der Waals surface area contributed by atoms with E-state index in [2.05, 4.69) is 25.2 Å². The molecule has 1 atom stereocenters. The van der Waals surface area contributed by atoms with Gasteiger partial charge < -0.3 is 15.5 Å². The van der Waals surface area contributed by atoms with E-state index in [-0.39, 0.29) is 21.6 Å². The van der Waals surface area contributed by atoms with Crippen molar-refractivity contribution >= 4 is 55.8 Å². The summed E-state index contributed by atoms with van der Waals surface area (Å²) >= 11 is 7.71. The van der Waals surface area contributed by atoms with E-state index in [1.165, 1.54) is 35.6 Å². The molecule has 0 amide bonds. The lowest BCUT2D eigenvalue weighted by atomic mass is 10.0. The molecule has 170 valence electrons. The topological polar surface area (TPSA) is 86.4 Å². The number of sulfonamides is 1. The smallest absolute Gasteiger partial charge is 0.263 e. The Balaban J connectivity index is 1.58. The Morgan fingerprint density at radius 3 is 2.75 bits per heavy atom. The van der Waals surface area contributed by atoms with Crippen LogP contribution in [0.1, 0.15) is 12.8 Å². The molecule has 2 heterocycles. The summed E-state index contributed by atoms with van der Waals surface area (Å²) in [5, 5.41) is 8.36. The van der Waals surface area contributed by atoms with Crippen LogP contribution >= 0.6 is 22.9 Å². The van der Waals surface area contributed by atoms with Crippen molar-refractivity contribution in [1.82, 2.24) is 10.3 Å². The van der Waals surface area contributed by atoms with Gasteiger partial charge >= 0.3 is 0 Å². The monoisotopic (exact) mass is 495 g/mol. The van der Waals surface area contributed by atoms with E-state index in [0.717, 1.165) is 31.6 Å². The number of piperidine rings is 1. The Hall–Kier alpha value is -2.40. The highest BCUT2D eigenvalue weighted by Crippen LogP contribution is 2.35. The number of likely N-dealkylation sites (N-methyl/N-ethyl adjacent to an activating group) is 1. The molecular formula is C21H23ClFN5O2S2. The normalized spacial score (nSPS) is 16.7. The molecule has 4 rings (SSSR count). The first kappa shape index (κ1) is 22.8. The minimum atomic E-state index is -3.82. The van der Waals surface area contributed by atoms with Gasteiger partial charge in [-0.3, -0.25) is 4.72 Å². The highest BCUT2D eigenvalue weighted by atomic mass is 35.5. The average Bonchev–Trinajstić information content (AvgIpc) is 3.28. The van der Waals surface area contributed by atoms with Crippen molar-refractivity contribution in [2.45, 2.75) is 23.8 Å². The number of anilines is 4. The van der Waals surface area contributed by atoms with Crippen molar-refractivity contribution in [3.63, 3.8) is 0 Å². The number of rotatable bonds is 7. The van der Waals surface area contributed by atoms with Crippen LogP contribution in [-0.2, 0) is 10.0 Å². The molecule has 32 heavy (non-hydrogen) atoms. The molecule has 1 saturated heterocycles. The third kappa shape index (κ3) is 5.15. The Labute approximate surface area is 195 Å². The molecule has 1 aromatic heterocycles. The molecule has 0 bridgehead atoms. The van der Waals surface area contributed by atoms with Crippen LogP contribution in [0.4, 0.5) is 27.3 Å². The van der Waals surface area contributed by atoms with Crippen molar-refractivity contribution < 1.29 is 12.8 Å². The largest absolute Gasteiger partial charge is 0.368 e. The van der Waals surface area contributed by atoms with Gasteiger partial charge in [0.05, 0.1) is 32.5 Å². The Bertz CT molecular complexity index is 1190. The van der Waals surface area contributed by atoms with Gasteiger partial charge in [0, 0.05) is 24.5 Å². The van der Waals surface area contributed by atoms with Crippen LogP contribution in [0.2, 0.25) is 5.02 Å². The zero-order valence-corrected chi connectivity index (χ0v) is 19.7. The Kier molecular flexibility index (Phi) is 6.85. The van der Waals surface area contributed by atoms with Crippen LogP contribution in [0.3, 0.4) is 0 Å². The quantitative estimate of drug-likeness (QED) is 0.441. The van der Waals surface area contributed by atoms with Crippen LogP contribution in [-0.4, -0.2) is 39.6 Å². The van der Waals surface area contributed by atoms with Crippen LogP contribution < -0.4 is 20.3 Å². The summed E-state index contributed by atoms with van der Waals surface area (Å²) in [5.74, 6) is -0.0662. The summed E-state index contributed by atoms with van der Waals surface area (Å²) in [7, 11) is -1.89. The third-order valence-corrected chi connectivity index (χ3v) is 7.57. The zero-order valence-electron chi connectivity index (χ0n) is 17.3. The molecule has 7 nitrogen and oxygen atoms in total. The molecule has 3 N–H and O–H groups in total. The van der Waals surface area contributed by atoms with Crippen molar-refractivity contribution in [2.75, 3.05) is 35.1 Å². The summed E-state index contributed by atoms with van der Waals surface area (Å²) in [6.45, 7) is 1.59. The molecule has 0 radical (unpaired) electrons. The number of thiazole rings is 1. The maximum Gasteiger partial charge on any atom is 0.263 e. The average molecular weight is 496 g/mol. The summed E-state index contributed by atoms with van der Waals surface area (Å²) < 4.78 is 41.7. The van der Waals surface area contributed by atoms with Gasteiger partial charge in [0.2, 0.25) is 0 Å². The second kappa shape index (κ2) is 9.62. The van der Waals surface area contributed by atoms with Gasteiger partial charge in [-0.15, -0.1) is 11.3 Å². The zero-order chi connectivity index (χ0) is 22.7. The van der Waals surface area contributed by atoms with Crippen LogP contribution in [0, 0.1) is 5.82 Å². The van der Waals surface area contributed by atoms with Gasteiger partial charge in [0.25, 0.3) is 10.0 Å². The van der Waals surface area contributed by atoms with E-state index >= 15 is 0 Å². The predicted octanol–water partition coefficient (Wildman–Crippen LogP) is 4.67. The molecule has 1 fully saturated rings. The van der Waals surface area contributed by atoms with Crippen molar-refractivity contribution in [2.24, 2.45) is 0 Å². The minimum absolute atomic E-state index is 0.0215. The van der Waals surface area contributed by atoms with E-state index in [4.69, 9.17) is 11.6 Å². The molecule has 0 spiro atoms. The lowest BCUT2D eigenvalue weighted by Gasteiger charge is -2.35. The first-order valence-corrected chi connectivity index (χ1v) is 12.9. The maximum absolute atomic E-state index is 14.1. The first-order chi connectivity index (χ1) is 15.4. The van der Waals surface area contributed by atoms with E-state index in [1.54, 1.807) is 23.0 Å². The second-order valence-corrected chi connectivity index (χ2v) is 10.3. The molecule has 0 saturated carbocycles. The fourth-order valence-corrected chi connectivity index (χ4v) is 5.55. The molecule has 11 heteroatoms.